The van der Waals surface area contributed by atoms with Crippen molar-refractivity contribution in [2.24, 2.45) is 14.1 Å². The second-order valence-electron chi connectivity index (χ2n) is 4.71. The van der Waals surface area contributed by atoms with Crippen LogP contribution in [0, 0.1) is 0 Å². The fourth-order valence-electron chi connectivity index (χ4n) is 1.92. The van der Waals surface area contributed by atoms with Crippen molar-refractivity contribution in [2.45, 2.75) is 6.54 Å². The molecule has 0 radical (unpaired) electrons. The van der Waals surface area contributed by atoms with E-state index in [4.69, 9.17) is 4.74 Å². The van der Waals surface area contributed by atoms with Gasteiger partial charge in [0.15, 0.2) is 0 Å². The standard InChI is InChI=1S/C15H19N3O3/c1-17-12(10-14(19)18(2)15(17)20)11-16-8-9-21-13-6-4-3-5-7-13/h3-7,10,16H,8-9,11H2,1-2H3. The summed E-state index contributed by atoms with van der Waals surface area (Å²) in [6.07, 6.45) is 0. The Hall–Kier alpha value is -2.34. The highest BCUT2D eigenvalue weighted by Gasteiger charge is 2.05. The minimum Gasteiger partial charge on any atom is -0.492 e. The summed E-state index contributed by atoms with van der Waals surface area (Å²) in [5.41, 5.74) is 0.0399. The number of hydrogen-bond acceptors (Lipinski definition) is 4. The minimum absolute atomic E-state index is 0.296. The van der Waals surface area contributed by atoms with Crippen molar-refractivity contribution in [2.75, 3.05) is 13.2 Å². The van der Waals surface area contributed by atoms with E-state index in [-0.39, 0.29) is 11.2 Å². The van der Waals surface area contributed by atoms with Gasteiger partial charge in [-0.25, -0.2) is 4.79 Å². The van der Waals surface area contributed by atoms with Gasteiger partial charge in [-0.1, -0.05) is 18.2 Å². The number of para-hydroxylation sites is 1. The van der Waals surface area contributed by atoms with Crippen LogP contribution in [0.1, 0.15) is 5.69 Å². The van der Waals surface area contributed by atoms with Gasteiger partial charge < -0.3 is 10.1 Å². The monoisotopic (exact) mass is 289 g/mol. The molecular weight excluding hydrogens is 270 g/mol. The number of benzene rings is 1. The van der Waals surface area contributed by atoms with Crippen molar-refractivity contribution in [3.63, 3.8) is 0 Å². The van der Waals surface area contributed by atoms with E-state index in [1.54, 1.807) is 7.05 Å². The van der Waals surface area contributed by atoms with Gasteiger partial charge >= 0.3 is 5.69 Å². The molecule has 1 heterocycles. The fourth-order valence-corrected chi connectivity index (χ4v) is 1.92. The molecular formula is C15H19N3O3. The van der Waals surface area contributed by atoms with Crippen LogP contribution in [0.5, 0.6) is 5.75 Å². The number of rotatable bonds is 6. The van der Waals surface area contributed by atoms with Crippen molar-refractivity contribution in [3.8, 4) is 5.75 Å². The van der Waals surface area contributed by atoms with Crippen LogP contribution >= 0.6 is 0 Å². The normalized spacial score (nSPS) is 10.6. The maximum Gasteiger partial charge on any atom is 0.330 e. The maximum absolute atomic E-state index is 11.8. The molecule has 1 N–H and O–H groups in total. The molecule has 6 heteroatoms. The third kappa shape index (κ3) is 3.82. The van der Waals surface area contributed by atoms with Gasteiger partial charge in [-0.15, -0.1) is 0 Å². The molecule has 0 saturated carbocycles. The SMILES string of the molecule is Cn1c(CNCCOc2ccccc2)cc(=O)n(C)c1=O. The molecule has 0 atom stereocenters. The fraction of sp³-hybridized carbons (Fsp3) is 0.333. The summed E-state index contributed by atoms with van der Waals surface area (Å²) >= 11 is 0. The van der Waals surface area contributed by atoms with Crippen LogP contribution in [-0.2, 0) is 20.6 Å². The van der Waals surface area contributed by atoms with Crippen LogP contribution in [0.15, 0.2) is 46.0 Å². The van der Waals surface area contributed by atoms with Gasteiger partial charge in [0.2, 0.25) is 0 Å². The number of nitrogens with zero attached hydrogens (tertiary/aromatic N) is 2. The molecule has 6 nitrogen and oxygen atoms in total. The van der Waals surface area contributed by atoms with Gasteiger partial charge in [-0.3, -0.25) is 13.9 Å². The summed E-state index contributed by atoms with van der Waals surface area (Å²) in [5.74, 6) is 0.820. The Morgan fingerprint density at radius 1 is 1.10 bits per heavy atom. The third-order valence-corrected chi connectivity index (χ3v) is 3.22. The molecule has 0 aliphatic heterocycles. The first-order valence-electron chi connectivity index (χ1n) is 6.74. The van der Waals surface area contributed by atoms with Crippen LogP contribution in [0.3, 0.4) is 0 Å². The molecule has 0 aliphatic rings. The lowest BCUT2D eigenvalue weighted by Crippen LogP contribution is -2.39. The lowest BCUT2D eigenvalue weighted by molar-refractivity contribution is 0.313. The molecule has 1 aromatic carbocycles. The average molecular weight is 289 g/mol. The highest BCUT2D eigenvalue weighted by atomic mass is 16.5. The highest BCUT2D eigenvalue weighted by Crippen LogP contribution is 2.07. The summed E-state index contributed by atoms with van der Waals surface area (Å²) < 4.78 is 8.09. The Kier molecular flexibility index (Phi) is 4.94. The van der Waals surface area contributed by atoms with Gasteiger partial charge in [0.05, 0.1) is 0 Å². The zero-order chi connectivity index (χ0) is 15.2. The van der Waals surface area contributed by atoms with Crippen molar-refractivity contribution in [3.05, 3.63) is 62.9 Å². The van der Waals surface area contributed by atoms with Gasteiger partial charge in [0, 0.05) is 38.9 Å². The van der Waals surface area contributed by atoms with Gasteiger partial charge in [-0.05, 0) is 12.1 Å². The highest BCUT2D eigenvalue weighted by molar-refractivity contribution is 5.20. The van der Waals surface area contributed by atoms with E-state index in [0.717, 1.165) is 10.3 Å². The van der Waals surface area contributed by atoms with Crippen LogP contribution in [-0.4, -0.2) is 22.3 Å². The van der Waals surface area contributed by atoms with Crippen LogP contribution in [0.25, 0.3) is 0 Å². The van der Waals surface area contributed by atoms with Crippen LogP contribution < -0.4 is 21.3 Å². The third-order valence-electron chi connectivity index (χ3n) is 3.22. The Bertz CT molecular complexity index is 704. The zero-order valence-electron chi connectivity index (χ0n) is 12.2. The number of aromatic nitrogens is 2. The molecule has 0 fully saturated rings. The maximum atomic E-state index is 11.8. The van der Waals surface area contributed by atoms with E-state index in [2.05, 4.69) is 5.32 Å². The lowest BCUT2D eigenvalue weighted by Gasteiger charge is -2.11. The molecule has 21 heavy (non-hydrogen) atoms. The van der Waals surface area contributed by atoms with E-state index in [0.29, 0.717) is 25.4 Å². The molecule has 0 bridgehead atoms. The Morgan fingerprint density at radius 3 is 2.52 bits per heavy atom. The van der Waals surface area contributed by atoms with E-state index >= 15 is 0 Å². The van der Waals surface area contributed by atoms with Crippen molar-refractivity contribution in [1.82, 2.24) is 14.5 Å². The molecule has 2 rings (SSSR count). The first-order chi connectivity index (χ1) is 10.1. The summed E-state index contributed by atoms with van der Waals surface area (Å²) in [6, 6.07) is 11.0. The summed E-state index contributed by atoms with van der Waals surface area (Å²) in [7, 11) is 3.12. The molecule has 1 aromatic heterocycles. The smallest absolute Gasteiger partial charge is 0.330 e. The topological polar surface area (TPSA) is 65.3 Å². The van der Waals surface area contributed by atoms with Crippen LogP contribution in [0.2, 0.25) is 0 Å². The largest absolute Gasteiger partial charge is 0.492 e. The van der Waals surface area contributed by atoms with Gasteiger partial charge in [-0.2, -0.15) is 0 Å². The predicted octanol–water partition coefficient (Wildman–Crippen LogP) is 0.253. The van der Waals surface area contributed by atoms with Crippen molar-refractivity contribution < 1.29 is 4.74 Å². The first kappa shape index (κ1) is 15.1. The van der Waals surface area contributed by atoms with Crippen molar-refractivity contribution >= 4 is 0 Å². The van der Waals surface area contributed by atoms with E-state index in [1.165, 1.54) is 17.7 Å². The summed E-state index contributed by atoms with van der Waals surface area (Å²) in [6.45, 7) is 1.58. The lowest BCUT2D eigenvalue weighted by atomic mass is 10.3. The molecule has 0 unspecified atom stereocenters. The van der Waals surface area contributed by atoms with Crippen LogP contribution in [0.4, 0.5) is 0 Å². The minimum atomic E-state index is -0.320. The quantitative estimate of drug-likeness (QED) is 0.774. The van der Waals surface area contributed by atoms with Crippen molar-refractivity contribution in [1.29, 1.82) is 0 Å². The Labute approximate surface area is 122 Å². The second kappa shape index (κ2) is 6.90. The predicted molar refractivity (Wildman–Crippen MR) is 80.6 cm³/mol. The Morgan fingerprint density at radius 2 is 1.81 bits per heavy atom. The zero-order valence-corrected chi connectivity index (χ0v) is 12.2. The summed E-state index contributed by atoms with van der Waals surface area (Å²) in [5, 5.41) is 3.15. The van der Waals surface area contributed by atoms with E-state index in [9.17, 15) is 9.59 Å². The summed E-state index contributed by atoms with van der Waals surface area (Å²) in [4.78, 5) is 23.3. The molecule has 2 aromatic rings. The number of ether oxygens (including phenoxy) is 1. The Balaban J connectivity index is 1.84. The van der Waals surface area contributed by atoms with E-state index in [1.807, 2.05) is 30.3 Å². The van der Waals surface area contributed by atoms with E-state index < -0.39 is 0 Å². The first-order valence-corrected chi connectivity index (χ1v) is 6.74. The molecule has 0 saturated heterocycles. The second-order valence-corrected chi connectivity index (χ2v) is 4.71. The molecule has 0 spiro atoms. The number of hydrogen-bond donors (Lipinski definition) is 1. The average Bonchev–Trinajstić information content (AvgIpc) is 2.50. The number of nitrogens with one attached hydrogen (secondary N) is 1. The molecule has 0 amide bonds. The molecule has 0 aliphatic carbocycles. The molecule has 112 valence electrons. The van der Waals surface area contributed by atoms with Gasteiger partial charge in [0.1, 0.15) is 12.4 Å². The van der Waals surface area contributed by atoms with Gasteiger partial charge in [0.25, 0.3) is 5.56 Å².